The van der Waals surface area contributed by atoms with Gasteiger partial charge in [-0.05, 0) is 6.07 Å². The van der Waals surface area contributed by atoms with Crippen molar-refractivity contribution in [2.75, 3.05) is 0 Å². The van der Waals surface area contributed by atoms with E-state index >= 15 is 0 Å². The van der Waals surface area contributed by atoms with Gasteiger partial charge in [0.15, 0.2) is 0 Å². The average Bonchev–Trinajstić information content (AvgIpc) is 2.03. The Morgan fingerprint density at radius 2 is 1.92 bits per heavy atom. The second-order valence-electron chi connectivity index (χ2n) is 2.27. The van der Waals surface area contributed by atoms with E-state index in [1.807, 2.05) is 0 Å². The highest BCUT2D eigenvalue weighted by atomic mass is 32.2. The summed E-state index contributed by atoms with van der Waals surface area (Å²) in [5.41, 5.74) is 0.162. The van der Waals surface area contributed by atoms with Gasteiger partial charge in [0.25, 0.3) is 0 Å². The predicted octanol–water partition coefficient (Wildman–Crippen LogP) is 0.414. The molecule has 68 valence electrons. The third kappa shape index (κ3) is 2.41. The molecule has 0 fully saturated rings. The van der Waals surface area contributed by atoms with Crippen LogP contribution in [0.4, 0.5) is 0 Å². The number of benzene rings is 1. The molecule has 0 aromatic heterocycles. The van der Waals surface area contributed by atoms with Crippen LogP contribution in [0.3, 0.4) is 0 Å². The minimum atomic E-state index is -2.38. The van der Waals surface area contributed by atoms with E-state index in [1.165, 1.54) is 18.2 Å². The highest BCUT2D eigenvalue weighted by molar-refractivity contribution is 7.71. The van der Waals surface area contributed by atoms with Crippen LogP contribution in [0.2, 0.25) is 0 Å². The van der Waals surface area contributed by atoms with E-state index in [0.717, 1.165) is 5.37 Å². The standard InChI is InChI=1S/C8H6O4S/c9-8(10)7-4-2-1-3-6(7)5-13(11)12/h1-5H,(H,9,10). The Bertz CT molecular complexity index is 451. The fourth-order valence-electron chi connectivity index (χ4n) is 0.898. The molecule has 1 aromatic carbocycles. The molecule has 0 bridgehead atoms. The van der Waals surface area contributed by atoms with Gasteiger partial charge in [0.2, 0.25) is 10.3 Å². The lowest BCUT2D eigenvalue weighted by Crippen LogP contribution is -2.01. The lowest BCUT2D eigenvalue weighted by Gasteiger charge is -1.96. The number of carboxylic acids is 1. The molecule has 0 atom stereocenters. The lowest BCUT2D eigenvalue weighted by atomic mass is 10.1. The maximum absolute atomic E-state index is 10.6. The topological polar surface area (TPSA) is 71.4 Å². The number of hydrogen-bond donors (Lipinski definition) is 1. The molecular weight excluding hydrogens is 192 g/mol. The van der Waals surface area contributed by atoms with Crippen LogP contribution in [-0.2, 0) is 10.3 Å². The zero-order valence-electron chi connectivity index (χ0n) is 6.47. The van der Waals surface area contributed by atoms with E-state index in [-0.39, 0.29) is 11.1 Å². The molecule has 0 unspecified atom stereocenters. The van der Waals surface area contributed by atoms with Crippen LogP contribution in [0, 0.1) is 0 Å². The van der Waals surface area contributed by atoms with Crippen LogP contribution in [0.5, 0.6) is 0 Å². The van der Waals surface area contributed by atoms with Crippen molar-refractivity contribution in [1.82, 2.24) is 0 Å². The highest BCUT2D eigenvalue weighted by Gasteiger charge is 2.06. The van der Waals surface area contributed by atoms with E-state index in [2.05, 4.69) is 0 Å². The quantitative estimate of drug-likeness (QED) is 0.699. The molecule has 0 radical (unpaired) electrons. The van der Waals surface area contributed by atoms with Gasteiger partial charge in [-0.2, -0.15) is 8.42 Å². The highest BCUT2D eigenvalue weighted by Crippen LogP contribution is 2.05. The molecule has 0 spiro atoms. The summed E-state index contributed by atoms with van der Waals surface area (Å²) in [5.74, 6) is -1.14. The molecule has 0 aliphatic rings. The van der Waals surface area contributed by atoms with Gasteiger partial charge < -0.3 is 5.11 Å². The van der Waals surface area contributed by atoms with Gasteiger partial charge in [-0.25, -0.2) is 4.79 Å². The Hall–Kier alpha value is -1.62. The number of hydrogen-bond acceptors (Lipinski definition) is 3. The van der Waals surface area contributed by atoms with Crippen molar-refractivity contribution >= 4 is 21.6 Å². The average molecular weight is 198 g/mol. The number of aromatic carboxylic acids is 1. The molecule has 0 aliphatic heterocycles. The van der Waals surface area contributed by atoms with Crippen LogP contribution in [0.15, 0.2) is 24.3 Å². The maximum atomic E-state index is 10.6. The Morgan fingerprint density at radius 3 is 2.46 bits per heavy atom. The van der Waals surface area contributed by atoms with E-state index in [1.54, 1.807) is 6.07 Å². The van der Waals surface area contributed by atoms with Crippen molar-refractivity contribution in [1.29, 1.82) is 0 Å². The number of rotatable bonds is 2. The molecule has 0 amide bonds. The van der Waals surface area contributed by atoms with Crippen LogP contribution in [-0.4, -0.2) is 24.9 Å². The SMILES string of the molecule is O=C(O)c1ccccc1C=S(=O)=O. The molecule has 1 N–H and O–H groups in total. The molecular formula is C8H6O4S. The Balaban J connectivity index is 3.36. The summed E-state index contributed by atoms with van der Waals surface area (Å²) in [5, 5.41) is 9.52. The first kappa shape index (κ1) is 9.47. The molecule has 5 heteroatoms. The minimum absolute atomic E-state index is 0.0216. The first-order valence-electron chi connectivity index (χ1n) is 3.36. The van der Waals surface area contributed by atoms with Gasteiger partial charge in [-0.1, -0.05) is 18.2 Å². The summed E-state index contributed by atoms with van der Waals surface area (Å²) < 4.78 is 20.6. The van der Waals surface area contributed by atoms with Crippen LogP contribution >= 0.6 is 0 Å². The van der Waals surface area contributed by atoms with Crippen molar-refractivity contribution in [2.45, 2.75) is 0 Å². The fourth-order valence-corrected chi connectivity index (χ4v) is 1.31. The second-order valence-corrected chi connectivity index (χ2v) is 3.03. The molecule has 13 heavy (non-hydrogen) atoms. The van der Waals surface area contributed by atoms with Crippen molar-refractivity contribution in [3.63, 3.8) is 0 Å². The van der Waals surface area contributed by atoms with E-state index in [4.69, 9.17) is 5.11 Å². The molecule has 1 rings (SSSR count). The number of carbonyl (C=O) groups is 1. The molecule has 0 saturated carbocycles. The van der Waals surface area contributed by atoms with E-state index < -0.39 is 16.3 Å². The van der Waals surface area contributed by atoms with Gasteiger partial charge in [-0.15, -0.1) is 0 Å². The van der Waals surface area contributed by atoms with E-state index in [9.17, 15) is 13.2 Å². The molecule has 4 nitrogen and oxygen atoms in total. The van der Waals surface area contributed by atoms with Crippen molar-refractivity contribution in [2.24, 2.45) is 0 Å². The third-order valence-corrected chi connectivity index (χ3v) is 1.86. The monoisotopic (exact) mass is 198 g/mol. The van der Waals surface area contributed by atoms with Crippen LogP contribution in [0.1, 0.15) is 15.9 Å². The maximum Gasteiger partial charge on any atom is 0.336 e. The predicted molar refractivity (Wildman–Crippen MR) is 47.5 cm³/mol. The second kappa shape index (κ2) is 3.86. The Labute approximate surface area is 76.0 Å². The van der Waals surface area contributed by atoms with Crippen molar-refractivity contribution in [3.8, 4) is 0 Å². The summed E-state index contributed by atoms with van der Waals surface area (Å²) >= 11 is 0. The summed E-state index contributed by atoms with van der Waals surface area (Å²) in [6.07, 6.45) is 0. The van der Waals surface area contributed by atoms with Crippen LogP contribution in [0.25, 0.3) is 0 Å². The number of carboxylic acid groups (broad SMARTS) is 1. The van der Waals surface area contributed by atoms with Gasteiger partial charge in [-0.3, -0.25) is 0 Å². The Morgan fingerprint density at radius 1 is 1.31 bits per heavy atom. The third-order valence-electron chi connectivity index (χ3n) is 1.41. The van der Waals surface area contributed by atoms with Gasteiger partial charge in [0, 0.05) is 5.56 Å². The first-order chi connectivity index (χ1) is 6.11. The molecule has 0 saturated heterocycles. The molecule has 0 heterocycles. The van der Waals surface area contributed by atoms with Gasteiger partial charge in [0.05, 0.1) is 10.9 Å². The summed E-state index contributed by atoms with van der Waals surface area (Å²) in [7, 11) is -2.38. The lowest BCUT2D eigenvalue weighted by molar-refractivity contribution is 0.0697. The zero-order chi connectivity index (χ0) is 9.84. The largest absolute Gasteiger partial charge is 0.478 e. The summed E-state index contributed by atoms with van der Waals surface area (Å²) in [6.45, 7) is 0. The normalized spacial score (nSPS) is 9.23. The van der Waals surface area contributed by atoms with E-state index in [0.29, 0.717) is 0 Å². The molecule has 0 aliphatic carbocycles. The smallest absolute Gasteiger partial charge is 0.336 e. The van der Waals surface area contributed by atoms with Crippen molar-refractivity contribution in [3.05, 3.63) is 35.4 Å². The Kier molecular flexibility index (Phi) is 2.81. The summed E-state index contributed by atoms with van der Waals surface area (Å²) in [6, 6.07) is 5.89. The first-order valence-corrected chi connectivity index (χ1v) is 4.50. The van der Waals surface area contributed by atoms with Gasteiger partial charge >= 0.3 is 5.97 Å². The zero-order valence-corrected chi connectivity index (χ0v) is 7.28. The van der Waals surface area contributed by atoms with Crippen molar-refractivity contribution < 1.29 is 18.3 Å². The summed E-state index contributed by atoms with van der Waals surface area (Å²) in [4.78, 5) is 10.6. The van der Waals surface area contributed by atoms with Crippen LogP contribution < -0.4 is 0 Å². The van der Waals surface area contributed by atoms with Gasteiger partial charge in [0.1, 0.15) is 0 Å². The molecule has 1 aromatic rings. The fraction of sp³-hybridized carbons (Fsp3) is 0. The minimum Gasteiger partial charge on any atom is -0.478 e.